The molecule has 4 nitrogen and oxygen atoms in total. The van der Waals surface area contributed by atoms with Crippen molar-refractivity contribution in [1.82, 2.24) is 5.32 Å². The quantitative estimate of drug-likeness (QED) is 0.876. The van der Waals surface area contributed by atoms with E-state index in [2.05, 4.69) is 5.32 Å². The van der Waals surface area contributed by atoms with Gasteiger partial charge in [0.1, 0.15) is 6.61 Å². The summed E-state index contributed by atoms with van der Waals surface area (Å²) in [7, 11) is 0. The molecule has 0 saturated heterocycles. The van der Waals surface area contributed by atoms with Crippen LogP contribution in [0.2, 0.25) is 10.0 Å². The lowest BCUT2D eigenvalue weighted by atomic mass is 10.2. The number of alkyl carbamates (subject to hydrolysis) is 1. The molecule has 0 bridgehead atoms. The Morgan fingerprint density at radius 1 is 1.44 bits per heavy atom. The molecule has 0 atom stereocenters. The molecule has 0 aliphatic heterocycles. The Bertz CT molecular complexity index is 371. The number of nitrogens with one attached hydrogen (secondary N) is 1. The van der Waals surface area contributed by atoms with E-state index in [1.165, 1.54) is 0 Å². The van der Waals surface area contributed by atoms with E-state index in [-0.39, 0.29) is 19.8 Å². The molecule has 0 radical (unpaired) electrons. The van der Waals surface area contributed by atoms with Gasteiger partial charge in [-0.2, -0.15) is 0 Å². The first-order valence-corrected chi connectivity index (χ1v) is 5.34. The number of hydrogen-bond acceptors (Lipinski definition) is 3. The second kappa shape index (κ2) is 6.58. The maximum atomic E-state index is 11.0. The molecule has 0 saturated carbocycles. The number of aliphatic hydroxyl groups is 1. The Labute approximate surface area is 103 Å². The minimum absolute atomic E-state index is 0.0628. The number of carbonyl (C=O) groups excluding carboxylic acids is 1. The zero-order valence-corrected chi connectivity index (χ0v) is 9.88. The van der Waals surface area contributed by atoms with Crippen LogP contribution in [0, 0.1) is 0 Å². The molecule has 0 fully saturated rings. The second-order valence-corrected chi connectivity index (χ2v) is 3.81. The molecule has 1 aromatic rings. The third kappa shape index (κ3) is 4.26. The van der Waals surface area contributed by atoms with Crippen LogP contribution in [0.1, 0.15) is 5.56 Å². The minimum Gasteiger partial charge on any atom is -0.445 e. The van der Waals surface area contributed by atoms with Crippen LogP contribution in [0.25, 0.3) is 0 Å². The summed E-state index contributed by atoms with van der Waals surface area (Å²) in [6.07, 6.45) is -0.597. The minimum atomic E-state index is -0.597. The van der Waals surface area contributed by atoms with Gasteiger partial charge < -0.3 is 15.2 Å². The number of carbonyl (C=O) groups is 1. The molecular formula is C10H11Cl2NO3. The molecule has 16 heavy (non-hydrogen) atoms. The van der Waals surface area contributed by atoms with Crippen LogP contribution in [0.15, 0.2) is 18.2 Å². The summed E-state index contributed by atoms with van der Waals surface area (Å²) in [5.41, 5.74) is 0.671. The fraction of sp³-hybridized carbons (Fsp3) is 0.300. The lowest BCUT2D eigenvalue weighted by Gasteiger charge is -2.07. The lowest BCUT2D eigenvalue weighted by Crippen LogP contribution is -2.26. The highest BCUT2D eigenvalue weighted by Gasteiger charge is 2.05. The van der Waals surface area contributed by atoms with Crippen molar-refractivity contribution in [3.05, 3.63) is 33.8 Å². The van der Waals surface area contributed by atoms with Crippen molar-refractivity contribution in [2.75, 3.05) is 13.2 Å². The monoisotopic (exact) mass is 263 g/mol. The van der Waals surface area contributed by atoms with E-state index >= 15 is 0 Å². The summed E-state index contributed by atoms with van der Waals surface area (Å²) in [5.74, 6) is 0. The van der Waals surface area contributed by atoms with Crippen LogP contribution in [0.3, 0.4) is 0 Å². The van der Waals surface area contributed by atoms with Crippen LogP contribution in [0.4, 0.5) is 4.79 Å². The van der Waals surface area contributed by atoms with Gasteiger partial charge in [-0.3, -0.25) is 0 Å². The molecule has 6 heteroatoms. The summed E-state index contributed by atoms with van der Waals surface area (Å²) in [6.45, 7) is 0.0945. The van der Waals surface area contributed by atoms with Gasteiger partial charge in [0.2, 0.25) is 0 Å². The fourth-order valence-electron chi connectivity index (χ4n) is 0.991. The smallest absolute Gasteiger partial charge is 0.407 e. The van der Waals surface area contributed by atoms with Crippen molar-refractivity contribution < 1.29 is 14.6 Å². The average Bonchev–Trinajstić information content (AvgIpc) is 2.25. The largest absolute Gasteiger partial charge is 0.445 e. The summed E-state index contributed by atoms with van der Waals surface area (Å²) in [4.78, 5) is 11.0. The second-order valence-electron chi connectivity index (χ2n) is 2.96. The number of aliphatic hydroxyl groups excluding tert-OH is 1. The highest BCUT2D eigenvalue weighted by molar-refractivity contribution is 6.35. The number of ether oxygens (including phenoxy) is 1. The Balaban J connectivity index is 2.45. The van der Waals surface area contributed by atoms with Gasteiger partial charge in [-0.05, 0) is 12.1 Å². The van der Waals surface area contributed by atoms with Gasteiger partial charge in [0.15, 0.2) is 0 Å². The Morgan fingerprint density at radius 2 is 2.19 bits per heavy atom. The number of rotatable bonds is 4. The number of hydrogen-bond donors (Lipinski definition) is 2. The molecule has 2 N–H and O–H groups in total. The topological polar surface area (TPSA) is 58.6 Å². The predicted molar refractivity (Wildman–Crippen MR) is 61.7 cm³/mol. The number of halogens is 2. The fourth-order valence-corrected chi connectivity index (χ4v) is 1.45. The van der Waals surface area contributed by atoms with E-state index in [0.717, 1.165) is 0 Å². The van der Waals surface area contributed by atoms with Crippen molar-refractivity contribution in [1.29, 1.82) is 0 Å². The van der Waals surface area contributed by atoms with Crippen molar-refractivity contribution in [3.8, 4) is 0 Å². The SMILES string of the molecule is O=C(NCCO)OCc1ccc(Cl)cc1Cl. The van der Waals surface area contributed by atoms with Gasteiger partial charge >= 0.3 is 6.09 Å². The summed E-state index contributed by atoms with van der Waals surface area (Å²) in [6, 6.07) is 4.93. The molecule has 1 aromatic carbocycles. The van der Waals surface area contributed by atoms with Crippen LogP contribution in [-0.4, -0.2) is 24.4 Å². The first-order valence-electron chi connectivity index (χ1n) is 4.59. The van der Waals surface area contributed by atoms with E-state index in [9.17, 15) is 4.79 Å². The highest BCUT2D eigenvalue weighted by Crippen LogP contribution is 2.21. The van der Waals surface area contributed by atoms with Gasteiger partial charge in [0.05, 0.1) is 6.61 Å². The van der Waals surface area contributed by atoms with Crippen molar-refractivity contribution >= 4 is 29.3 Å². The van der Waals surface area contributed by atoms with E-state index in [1.807, 2.05) is 0 Å². The average molecular weight is 264 g/mol. The van der Waals surface area contributed by atoms with Gasteiger partial charge in [0, 0.05) is 22.2 Å². The summed E-state index contributed by atoms with van der Waals surface area (Å²) >= 11 is 11.6. The van der Waals surface area contributed by atoms with Crippen LogP contribution in [-0.2, 0) is 11.3 Å². The lowest BCUT2D eigenvalue weighted by molar-refractivity contribution is 0.137. The van der Waals surface area contributed by atoms with Crippen LogP contribution in [0.5, 0.6) is 0 Å². The normalized spacial score (nSPS) is 9.94. The molecule has 0 heterocycles. The zero-order chi connectivity index (χ0) is 12.0. The molecular weight excluding hydrogens is 253 g/mol. The third-order valence-corrected chi connectivity index (χ3v) is 2.34. The standard InChI is InChI=1S/C10H11Cl2NO3/c11-8-2-1-7(9(12)5-8)6-16-10(15)13-3-4-14/h1-2,5,14H,3-4,6H2,(H,13,15). The van der Waals surface area contributed by atoms with Gasteiger partial charge in [-0.1, -0.05) is 29.3 Å². The third-order valence-electron chi connectivity index (χ3n) is 1.76. The van der Waals surface area contributed by atoms with E-state index in [0.29, 0.717) is 15.6 Å². The Hall–Kier alpha value is -0.970. The van der Waals surface area contributed by atoms with Crippen LogP contribution >= 0.6 is 23.2 Å². The van der Waals surface area contributed by atoms with Gasteiger partial charge in [0.25, 0.3) is 0 Å². The first kappa shape index (κ1) is 13.1. The molecule has 0 unspecified atom stereocenters. The number of benzene rings is 1. The highest BCUT2D eigenvalue weighted by atomic mass is 35.5. The molecule has 0 aromatic heterocycles. The van der Waals surface area contributed by atoms with Crippen molar-refractivity contribution in [2.45, 2.75) is 6.61 Å². The Kier molecular flexibility index (Phi) is 5.38. The van der Waals surface area contributed by atoms with E-state index in [1.54, 1.807) is 18.2 Å². The van der Waals surface area contributed by atoms with E-state index in [4.69, 9.17) is 33.0 Å². The summed E-state index contributed by atoms with van der Waals surface area (Å²) < 4.78 is 4.86. The molecule has 0 spiro atoms. The predicted octanol–water partition coefficient (Wildman–Crippen LogP) is 2.21. The maximum absolute atomic E-state index is 11.0. The molecule has 88 valence electrons. The zero-order valence-electron chi connectivity index (χ0n) is 8.37. The maximum Gasteiger partial charge on any atom is 0.407 e. The van der Waals surface area contributed by atoms with Crippen LogP contribution < -0.4 is 5.32 Å². The molecule has 1 amide bonds. The summed E-state index contributed by atoms with van der Waals surface area (Å²) in [5, 5.41) is 11.8. The first-order chi connectivity index (χ1) is 7.63. The number of amides is 1. The van der Waals surface area contributed by atoms with Crippen molar-refractivity contribution in [2.24, 2.45) is 0 Å². The van der Waals surface area contributed by atoms with Gasteiger partial charge in [-0.15, -0.1) is 0 Å². The Morgan fingerprint density at radius 3 is 2.81 bits per heavy atom. The van der Waals surface area contributed by atoms with Gasteiger partial charge in [-0.25, -0.2) is 4.79 Å². The molecule has 0 aliphatic rings. The van der Waals surface area contributed by atoms with Crippen molar-refractivity contribution in [3.63, 3.8) is 0 Å². The molecule has 1 rings (SSSR count). The van der Waals surface area contributed by atoms with E-state index < -0.39 is 6.09 Å². The molecule has 0 aliphatic carbocycles.